The molecule has 0 aliphatic rings. The molecule has 0 radical (unpaired) electrons. The van der Waals surface area contributed by atoms with Crippen LogP contribution in [0.25, 0.3) is 5.69 Å². The predicted octanol–water partition coefficient (Wildman–Crippen LogP) is 3.20. The number of hydrogen-bond donors (Lipinski definition) is 0. The maximum atomic E-state index is 9.53. The molecule has 0 bridgehead atoms. The van der Waals surface area contributed by atoms with Gasteiger partial charge in [-0.25, -0.2) is 9.67 Å². The number of aryl methyl sites for hydroxylation is 1. The minimum absolute atomic E-state index is 0.538. The highest BCUT2D eigenvalue weighted by molar-refractivity contribution is 7.99. The van der Waals surface area contributed by atoms with Gasteiger partial charge < -0.3 is 0 Å². The van der Waals surface area contributed by atoms with E-state index in [1.807, 2.05) is 44.2 Å². The van der Waals surface area contributed by atoms with Crippen LogP contribution < -0.4 is 0 Å². The Morgan fingerprint density at radius 2 is 1.92 bits per heavy atom. The van der Waals surface area contributed by atoms with E-state index in [4.69, 9.17) is 0 Å². The summed E-state index contributed by atoms with van der Waals surface area (Å²) in [6, 6.07) is 12.0. The Kier molecular flexibility index (Phi) is 4.87. The van der Waals surface area contributed by atoms with Gasteiger partial charge in [-0.3, -0.25) is 0 Å². The van der Waals surface area contributed by atoms with E-state index in [-0.39, 0.29) is 0 Å². The highest BCUT2D eigenvalue weighted by Crippen LogP contribution is 2.28. The van der Waals surface area contributed by atoms with Crippen LogP contribution >= 0.6 is 11.8 Å². The molecule has 0 aliphatic heterocycles. The summed E-state index contributed by atoms with van der Waals surface area (Å²) in [4.78, 5) is 4.30. The van der Waals surface area contributed by atoms with Gasteiger partial charge in [-0.1, -0.05) is 32.0 Å². The number of aromatic nitrogens is 5. The highest BCUT2D eigenvalue weighted by Gasteiger charge is 2.17. The highest BCUT2D eigenvalue weighted by atomic mass is 32.2. The van der Waals surface area contributed by atoms with Crippen molar-refractivity contribution in [2.45, 2.75) is 36.9 Å². The van der Waals surface area contributed by atoms with E-state index in [0.717, 1.165) is 29.8 Å². The first kappa shape index (κ1) is 16.1. The van der Waals surface area contributed by atoms with E-state index >= 15 is 0 Å². The third kappa shape index (κ3) is 3.14. The summed E-state index contributed by atoms with van der Waals surface area (Å²) >= 11 is 1.26. The molecule has 120 valence electrons. The molecule has 1 aromatic carbocycles. The van der Waals surface area contributed by atoms with Crippen LogP contribution in [0.3, 0.4) is 0 Å². The third-order valence-corrected chi connectivity index (χ3v) is 4.45. The molecular formula is C17H16N6S. The van der Waals surface area contributed by atoms with Crippen molar-refractivity contribution in [3.63, 3.8) is 0 Å². The van der Waals surface area contributed by atoms with Crippen LogP contribution in [0.15, 0.2) is 46.8 Å². The Morgan fingerprint density at radius 1 is 1.12 bits per heavy atom. The summed E-state index contributed by atoms with van der Waals surface area (Å²) in [5.41, 5.74) is 3.34. The van der Waals surface area contributed by atoms with E-state index < -0.39 is 0 Å². The lowest BCUT2D eigenvalue weighted by molar-refractivity contribution is 0.808. The number of rotatable bonds is 5. The molecule has 0 saturated heterocycles. The molecule has 0 spiro atoms. The van der Waals surface area contributed by atoms with Crippen LogP contribution in [0, 0.1) is 11.3 Å². The monoisotopic (exact) mass is 336 g/mol. The van der Waals surface area contributed by atoms with Crippen molar-refractivity contribution in [1.29, 1.82) is 5.26 Å². The third-order valence-electron chi connectivity index (χ3n) is 3.61. The van der Waals surface area contributed by atoms with Gasteiger partial charge in [-0.15, -0.1) is 10.2 Å². The van der Waals surface area contributed by atoms with Gasteiger partial charge in [0, 0.05) is 0 Å². The zero-order valence-corrected chi connectivity index (χ0v) is 14.3. The molecule has 0 fully saturated rings. The zero-order chi connectivity index (χ0) is 16.9. The zero-order valence-electron chi connectivity index (χ0n) is 13.5. The Labute approximate surface area is 144 Å². The first-order chi connectivity index (χ1) is 11.8. The standard InChI is InChI=1S/C17H16N6S/c1-3-13-14(10-18)16(21-20-15(13)4-2)24-17-19-11-23(22-17)12-8-6-5-7-9-12/h5-9,11H,3-4H2,1-2H3. The van der Waals surface area contributed by atoms with Gasteiger partial charge in [-0.2, -0.15) is 10.4 Å². The van der Waals surface area contributed by atoms with Gasteiger partial charge >= 0.3 is 0 Å². The Morgan fingerprint density at radius 3 is 2.58 bits per heavy atom. The molecule has 0 N–H and O–H groups in total. The van der Waals surface area contributed by atoms with Gasteiger partial charge in [-0.05, 0) is 42.3 Å². The number of nitriles is 1. The van der Waals surface area contributed by atoms with Crippen molar-refractivity contribution in [3.8, 4) is 11.8 Å². The maximum Gasteiger partial charge on any atom is 0.215 e. The van der Waals surface area contributed by atoms with Gasteiger partial charge in [0.05, 0.1) is 16.9 Å². The lowest BCUT2D eigenvalue weighted by Crippen LogP contribution is -2.04. The molecule has 3 rings (SSSR count). The molecule has 6 nitrogen and oxygen atoms in total. The molecule has 2 aromatic heterocycles. The van der Waals surface area contributed by atoms with Crippen molar-refractivity contribution in [1.82, 2.24) is 25.0 Å². The van der Waals surface area contributed by atoms with Crippen LogP contribution in [-0.4, -0.2) is 25.0 Å². The summed E-state index contributed by atoms with van der Waals surface area (Å²) in [7, 11) is 0. The van der Waals surface area contributed by atoms with Crippen LogP contribution in [0.5, 0.6) is 0 Å². The first-order valence-electron chi connectivity index (χ1n) is 7.70. The average molecular weight is 336 g/mol. The fraction of sp³-hybridized carbons (Fsp3) is 0.235. The van der Waals surface area contributed by atoms with E-state index in [0.29, 0.717) is 15.7 Å². The predicted molar refractivity (Wildman–Crippen MR) is 91.0 cm³/mol. The van der Waals surface area contributed by atoms with Crippen molar-refractivity contribution >= 4 is 11.8 Å². The molecule has 0 aliphatic carbocycles. The molecule has 2 heterocycles. The Bertz CT molecular complexity index is 882. The number of benzene rings is 1. The summed E-state index contributed by atoms with van der Waals surface area (Å²) in [6.07, 6.45) is 3.16. The van der Waals surface area contributed by atoms with Crippen LogP contribution in [0.2, 0.25) is 0 Å². The quantitative estimate of drug-likeness (QED) is 0.712. The molecule has 0 atom stereocenters. The number of para-hydroxylation sites is 1. The molecule has 0 amide bonds. The van der Waals surface area contributed by atoms with Gasteiger partial charge in [0.1, 0.15) is 17.4 Å². The molecule has 0 saturated carbocycles. The Balaban J connectivity index is 1.92. The Hall–Kier alpha value is -2.72. The lowest BCUT2D eigenvalue weighted by Gasteiger charge is -2.08. The minimum Gasteiger partial charge on any atom is -0.220 e. The number of hydrogen-bond acceptors (Lipinski definition) is 6. The van der Waals surface area contributed by atoms with E-state index in [1.54, 1.807) is 11.0 Å². The second-order valence-corrected chi connectivity index (χ2v) is 5.99. The summed E-state index contributed by atoms with van der Waals surface area (Å²) in [6.45, 7) is 4.04. The second-order valence-electron chi connectivity index (χ2n) is 5.03. The molecule has 0 unspecified atom stereocenters. The largest absolute Gasteiger partial charge is 0.220 e. The molecule has 7 heteroatoms. The first-order valence-corrected chi connectivity index (χ1v) is 8.51. The fourth-order valence-electron chi connectivity index (χ4n) is 2.43. The van der Waals surface area contributed by atoms with E-state index in [9.17, 15) is 5.26 Å². The van der Waals surface area contributed by atoms with Crippen molar-refractivity contribution in [2.24, 2.45) is 0 Å². The lowest BCUT2D eigenvalue weighted by atomic mass is 10.1. The van der Waals surface area contributed by atoms with E-state index in [2.05, 4.69) is 26.3 Å². The van der Waals surface area contributed by atoms with Crippen molar-refractivity contribution in [2.75, 3.05) is 0 Å². The van der Waals surface area contributed by atoms with Gasteiger partial charge in [0.25, 0.3) is 0 Å². The van der Waals surface area contributed by atoms with Gasteiger partial charge in [0.15, 0.2) is 0 Å². The van der Waals surface area contributed by atoms with Crippen LogP contribution in [0.4, 0.5) is 0 Å². The van der Waals surface area contributed by atoms with Crippen LogP contribution in [-0.2, 0) is 12.8 Å². The topological polar surface area (TPSA) is 80.3 Å². The molecular weight excluding hydrogens is 320 g/mol. The smallest absolute Gasteiger partial charge is 0.215 e. The average Bonchev–Trinajstić information content (AvgIpc) is 3.10. The fourth-order valence-corrected chi connectivity index (χ4v) is 3.18. The summed E-state index contributed by atoms with van der Waals surface area (Å²) in [5.74, 6) is 0. The SMILES string of the molecule is CCc1nnc(Sc2ncn(-c3ccccc3)n2)c(C#N)c1CC. The summed E-state index contributed by atoms with van der Waals surface area (Å²) < 4.78 is 1.70. The summed E-state index contributed by atoms with van der Waals surface area (Å²) in [5, 5.41) is 23.5. The van der Waals surface area contributed by atoms with Crippen LogP contribution in [0.1, 0.15) is 30.7 Å². The number of nitrogens with zero attached hydrogens (tertiary/aromatic N) is 6. The van der Waals surface area contributed by atoms with Crippen molar-refractivity contribution in [3.05, 3.63) is 53.5 Å². The normalized spacial score (nSPS) is 10.5. The van der Waals surface area contributed by atoms with Crippen molar-refractivity contribution < 1.29 is 0 Å². The maximum absolute atomic E-state index is 9.53. The minimum atomic E-state index is 0.538. The van der Waals surface area contributed by atoms with Gasteiger partial charge in [0.2, 0.25) is 5.16 Å². The van der Waals surface area contributed by atoms with E-state index in [1.165, 1.54) is 11.8 Å². The second kappa shape index (κ2) is 7.23. The molecule has 24 heavy (non-hydrogen) atoms. The molecule has 3 aromatic rings.